The highest BCUT2D eigenvalue weighted by molar-refractivity contribution is 6.31. The minimum absolute atomic E-state index is 0.0491. The van der Waals surface area contributed by atoms with Gasteiger partial charge in [0.05, 0.1) is 6.04 Å². The van der Waals surface area contributed by atoms with Crippen LogP contribution in [0.3, 0.4) is 0 Å². The summed E-state index contributed by atoms with van der Waals surface area (Å²) in [6, 6.07) is 19.1. The third-order valence-electron chi connectivity index (χ3n) is 6.52. The van der Waals surface area contributed by atoms with E-state index in [2.05, 4.69) is 52.1 Å². The monoisotopic (exact) mass is 399 g/mol. The number of rotatable bonds is 6. The fourth-order valence-corrected chi connectivity index (χ4v) is 4.90. The molecule has 4 rings (SSSR count). The largest absolute Gasteiger partial charge is 0.396 e. The van der Waals surface area contributed by atoms with Gasteiger partial charge in [-0.2, -0.15) is 0 Å². The number of hydrogen-bond acceptors (Lipinski definition) is 4. The summed E-state index contributed by atoms with van der Waals surface area (Å²) in [4.78, 5) is 2.57. The third-order valence-corrected chi connectivity index (χ3v) is 6.89. The summed E-state index contributed by atoms with van der Waals surface area (Å²) in [6.07, 6.45) is 2.88. The molecule has 2 aliphatic rings. The van der Waals surface area contributed by atoms with Gasteiger partial charge in [-0.1, -0.05) is 60.1 Å². The van der Waals surface area contributed by atoms with E-state index in [1.165, 1.54) is 5.56 Å². The summed E-state index contributed by atoms with van der Waals surface area (Å²) in [7, 11) is 0. The minimum Gasteiger partial charge on any atom is -0.396 e. The molecule has 2 unspecified atom stereocenters. The Labute approximate surface area is 172 Å². The molecule has 5 heteroatoms. The first-order chi connectivity index (χ1) is 13.7. The van der Waals surface area contributed by atoms with E-state index in [-0.39, 0.29) is 12.0 Å². The van der Waals surface area contributed by atoms with Gasteiger partial charge in [0.15, 0.2) is 0 Å². The van der Waals surface area contributed by atoms with E-state index < -0.39 is 0 Å². The average Bonchev–Trinajstić information content (AvgIpc) is 3.20. The van der Waals surface area contributed by atoms with Crippen molar-refractivity contribution in [3.8, 4) is 0 Å². The molecule has 2 atom stereocenters. The lowest BCUT2D eigenvalue weighted by Crippen LogP contribution is -2.45. The summed E-state index contributed by atoms with van der Waals surface area (Å²) >= 11 is 6.37. The van der Waals surface area contributed by atoms with Gasteiger partial charge in [0, 0.05) is 30.6 Å². The van der Waals surface area contributed by atoms with Gasteiger partial charge < -0.3 is 10.0 Å². The number of aliphatic hydroxyl groups excluding tert-OH is 1. The molecule has 2 aromatic rings. The summed E-state index contributed by atoms with van der Waals surface area (Å²) in [5.74, 6) is 0.549. The van der Waals surface area contributed by atoms with Crippen molar-refractivity contribution in [3.05, 3.63) is 70.7 Å². The van der Waals surface area contributed by atoms with E-state index in [0.29, 0.717) is 12.0 Å². The van der Waals surface area contributed by atoms with Crippen molar-refractivity contribution >= 4 is 11.6 Å². The predicted molar refractivity (Wildman–Crippen MR) is 114 cm³/mol. The molecule has 2 fully saturated rings. The zero-order chi connectivity index (χ0) is 19.4. The molecule has 3 N–H and O–H groups in total. The lowest BCUT2D eigenvalue weighted by atomic mass is 9.74. The van der Waals surface area contributed by atoms with Gasteiger partial charge in [-0.3, -0.25) is 5.43 Å². The van der Waals surface area contributed by atoms with E-state index in [4.69, 9.17) is 11.6 Å². The van der Waals surface area contributed by atoms with Gasteiger partial charge in [0.1, 0.15) is 0 Å². The molecule has 2 aromatic carbocycles. The molecular weight excluding hydrogens is 370 g/mol. The number of aliphatic hydroxyl groups is 1. The molecule has 28 heavy (non-hydrogen) atoms. The maximum atomic E-state index is 10.2. The Morgan fingerprint density at radius 3 is 2.46 bits per heavy atom. The molecule has 2 heterocycles. The molecule has 2 saturated heterocycles. The van der Waals surface area contributed by atoms with Gasteiger partial charge >= 0.3 is 0 Å². The predicted octanol–water partition coefficient (Wildman–Crippen LogP) is 3.42. The first kappa shape index (κ1) is 19.9. The fourth-order valence-electron chi connectivity index (χ4n) is 4.70. The smallest absolute Gasteiger partial charge is 0.0515 e. The Morgan fingerprint density at radius 2 is 1.75 bits per heavy atom. The molecule has 0 aromatic heterocycles. The summed E-state index contributed by atoms with van der Waals surface area (Å²) < 4.78 is 0. The molecule has 150 valence electrons. The number of hydrogen-bond donors (Lipinski definition) is 3. The van der Waals surface area contributed by atoms with Crippen LogP contribution in [-0.4, -0.2) is 42.8 Å². The minimum atomic E-state index is -0.0491. The van der Waals surface area contributed by atoms with Crippen LogP contribution in [0.15, 0.2) is 54.6 Å². The number of hydrazine groups is 1. The number of nitrogens with one attached hydrogen (secondary N) is 2. The lowest BCUT2D eigenvalue weighted by molar-refractivity contribution is 0.0384. The van der Waals surface area contributed by atoms with Crippen molar-refractivity contribution in [3.63, 3.8) is 0 Å². The normalized spacial score (nSPS) is 25.1. The molecule has 0 spiro atoms. The van der Waals surface area contributed by atoms with E-state index in [9.17, 15) is 5.11 Å². The second kappa shape index (κ2) is 8.93. The Morgan fingerprint density at radius 1 is 1.04 bits per heavy atom. The molecule has 0 saturated carbocycles. The van der Waals surface area contributed by atoms with Crippen molar-refractivity contribution in [1.29, 1.82) is 0 Å². The van der Waals surface area contributed by atoms with Crippen LogP contribution in [0, 0.1) is 11.3 Å². The van der Waals surface area contributed by atoms with Crippen LogP contribution in [-0.2, 0) is 6.42 Å². The molecule has 0 radical (unpaired) electrons. The molecular formula is C23H30ClN3O. The first-order valence-electron chi connectivity index (χ1n) is 10.3. The Balaban J connectivity index is 1.36. The van der Waals surface area contributed by atoms with Crippen LogP contribution >= 0.6 is 11.6 Å². The Hall–Kier alpha value is -1.43. The highest BCUT2D eigenvalue weighted by Crippen LogP contribution is 2.37. The van der Waals surface area contributed by atoms with Crippen molar-refractivity contribution in [1.82, 2.24) is 15.8 Å². The van der Waals surface area contributed by atoms with Crippen LogP contribution in [0.25, 0.3) is 0 Å². The van der Waals surface area contributed by atoms with E-state index in [1.807, 2.05) is 18.2 Å². The number of halogens is 1. The average molecular weight is 400 g/mol. The van der Waals surface area contributed by atoms with Crippen LogP contribution in [0.2, 0.25) is 5.02 Å². The Bertz CT molecular complexity index is 761. The summed E-state index contributed by atoms with van der Waals surface area (Å²) in [5.41, 5.74) is 9.24. The van der Waals surface area contributed by atoms with E-state index in [0.717, 1.165) is 56.0 Å². The molecule has 2 aliphatic heterocycles. The highest BCUT2D eigenvalue weighted by atomic mass is 35.5. The zero-order valence-electron chi connectivity index (χ0n) is 16.3. The Kier molecular flexibility index (Phi) is 6.34. The van der Waals surface area contributed by atoms with Crippen molar-refractivity contribution < 1.29 is 5.11 Å². The van der Waals surface area contributed by atoms with Crippen molar-refractivity contribution in [2.45, 2.75) is 25.3 Å². The maximum Gasteiger partial charge on any atom is 0.0515 e. The van der Waals surface area contributed by atoms with Gasteiger partial charge in [0.2, 0.25) is 0 Å². The van der Waals surface area contributed by atoms with Gasteiger partial charge in [-0.15, -0.1) is 0 Å². The van der Waals surface area contributed by atoms with Crippen LogP contribution in [0.5, 0.6) is 0 Å². The SMILES string of the molecule is OCC1(Cc2ccccc2Cl)CCN(CC2CNNC2c2ccccc2)CC1. The summed E-state index contributed by atoms with van der Waals surface area (Å²) in [5, 5.41) is 11.0. The fraction of sp³-hybridized carbons (Fsp3) is 0.478. The van der Waals surface area contributed by atoms with Crippen molar-refractivity contribution in [2.75, 3.05) is 32.8 Å². The second-order valence-corrected chi connectivity index (χ2v) is 8.81. The molecule has 0 bridgehead atoms. The topological polar surface area (TPSA) is 47.5 Å². The molecule has 0 amide bonds. The highest BCUT2D eigenvalue weighted by Gasteiger charge is 2.37. The second-order valence-electron chi connectivity index (χ2n) is 8.40. The summed E-state index contributed by atoms with van der Waals surface area (Å²) in [6.45, 7) is 4.35. The number of nitrogens with zero attached hydrogens (tertiary/aromatic N) is 1. The van der Waals surface area contributed by atoms with Crippen LogP contribution in [0.4, 0.5) is 0 Å². The third kappa shape index (κ3) is 4.42. The van der Waals surface area contributed by atoms with Crippen LogP contribution < -0.4 is 10.9 Å². The quantitative estimate of drug-likeness (QED) is 0.696. The van der Waals surface area contributed by atoms with Gasteiger partial charge in [-0.05, 0) is 55.0 Å². The molecule has 0 aliphatic carbocycles. The number of piperidine rings is 1. The van der Waals surface area contributed by atoms with Crippen molar-refractivity contribution in [2.24, 2.45) is 11.3 Å². The number of benzene rings is 2. The maximum absolute atomic E-state index is 10.2. The van der Waals surface area contributed by atoms with E-state index >= 15 is 0 Å². The van der Waals surface area contributed by atoms with Gasteiger partial charge in [-0.25, -0.2) is 5.43 Å². The number of likely N-dealkylation sites (tertiary alicyclic amines) is 1. The van der Waals surface area contributed by atoms with Crippen LogP contribution in [0.1, 0.15) is 30.0 Å². The zero-order valence-corrected chi connectivity index (χ0v) is 17.0. The standard InChI is InChI=1S/C23H30ClN3O/c24-21-9-5-4-8-19(21)14-23(17-28)10-12-27(13-11-23)16-20-15-25-26-22(20)18-6-2-1-3-7-18/h1-9,20,22,25-26,28H,10-17H2. The van der Waals surface area contributed by atoms with Gasteiger partial charge in [0.25, 0.3) is 0 Å². The lowest BCUT2D eigenvalue weighted by Gasteiger charge is -2.42. The first-order valence-corrected chi connectivity index (χ1v) is 10.7. The van der Waals surface area contributed by atoms with E-state index in [1.54, 1.807) is 0 Å². The molecule has 4 nitrogen and oxygen atoms in total.